The number of hydrogen-bond donors (Lipinski definition) is 0. The Morgan fingerprint density at radius 2 is 1.53 bits per heavy atom. The average Bonchev–Trinajstić information content (AvgIpc) is 3.31. The fourth-order valence-corrected chi connectivity index (χ4v) is 2.14. The lowest BCUT2D eigenvalue weighted by Gasteiger charge is -2.04. The molecule has 2 aromatic rings. The Balaban J connectivity index is 1.91. The van der Waals surface area contributed by atoms with Gasteiger partial charge in [-0.25, -0.2) is 0 Å². The average molecular weight is 250 g/mol. The Morgan fingerprint density at radius 3 is 2.21 bits per heavy atom. The molecular formula is C17H14O2. The fraction of sp³-hybridized carbons (Fsp3) is 0.176. The third kappa shape index (κ3) is 2.48. The molecule has 0 atom stereocenters. The zero-order valence-corrected chi connectivity index (χ0v) is 10.5. The highest BCUT2D eigenvalue weighted by Gasteiger charge is 2.34. The zero-order chi connectivity index (χ0) is 13.2. The van der Waals surface area contributed by atoms with E-state index in [-0.39, 0.29) is 17.5 Å². The SMILES string of the molecule is O=C(C(=O)C1CC1)c1cccc(-c2ccccc2)c1. The van der Waals surface area contributed by atoms with Gasteiger partial charge in [-0.1, -0.05) is 48.5 Å². The van der Waals surface area contributed by atoms with E-state index < -0.39 is 0 Å². The Labute approximate surface area is 112 Å². The molecule has 3 rings (SSSR count). The van der Waals surface area contributed by atoms with E-state index >= 15 is 0 Å². The molecule has 2 aromatic carbocycles. The van der Waals surface area contributed by atoms with Crippen LogP contribution in [0.1, 0.15) is 23.2 Å². The lowest BCUT2D eigenvalue weighted by atomic mass is 9.99. The van der Waals surface area contributed by atoms with Gasteiger partial charge in [-0.3, -0.25) is 9.59 Å². The van der Waals surface area contributed by atoms with Gasteiger partial charge in [0.1, 0.15) is 0 Å². The van der Waals surface area contributed by atoms with Gasteiger partial charge in [0.15, 0.2) is 0 Å². The normalized spacial score (nSPS) is 14.1. The van der Waals surface area contributed by atoms with Crippen LogP contribution in [0.4, 0.5) is 0 Å². The maximum absolute atomic E-state index is 12.1. The largest absolute Gasteiger partial charge is 0.290 e. The van der Waals surface area contributed by atoms with Crippen molar-refractivity contribution in [2.75, 3.05) is 0 Å². The van der Waals surface area contributed by atoms with E-state index in [1.165, 1.54) is 0 Å². The Bertz CT molecular complexity index is 625. The van der Waals surface area contributed by atoms with Gasteiger partial charge in [0.05, 0.1) is 0 Å². The first-order valence-corrected chi connectivity index (χ1v) is 6.50. The molecule has 1 aliphatic rings. The van der Waals surface area contributed by atoms with Crippen molar-refractivity contribution in [2.24, 2.45) is 5.92 Å². The van der Waals surface area contributed by atoms with Crippen molar-refractivity contribution in [3.8, 4) is 11.1 Å². The number of hydrogen-bond acceptors (Lipinski definition) is 2. The minimum atomic E-state index is -0.347. The van der Waals surface area contributed by atoms with Crippen LogP contribution in [-0.2, 0) is 4.79 Å². The molecule has 1 fully saturated rings. The first-order valence-electron chi connectivity index (χ1n) is 6.50. The van der Waals surface area contributed by atoms with Gasteiger partial charge in [0.2, 0.25) is 11.6 Å². The van der Waals surface area contributed by atoms with Crippen LogP contribution in [0.15, 0.2) is 54.6 Å². The molecule has 1 saturated carbocycles. The number of Topliss-reactive ketones (excluding diaryl/α,β-unsaturated/α-hetero) is 2. The summed E-state index contributed by atoms with van der Waals surface area (Å²) in [5.74, 6) is -0.599. The van der Waals surface area contributed by atoms with Gasteiger partial charge in [0.25, 0.3) is 0 Å². The van der Waals surface area contributed by atoms with Crippen molar-refractivity contribution < 1.29 is 9.59 Å². The molecule has 0 unspecified atom stereocenters. The van der Waals surface area contributed by atoms with Crippen LogP contribution in [0.5, 0.6) is 0 Å². The van der Waals surface area contributed by atoms with E-state index in [9.17, 15) is 9.59 Å². The predicted octanol–water partition coefficient (Wildman–Crippen LogP) is 3.52. The van der Waals surface area contributed by atoms with E-state index in [4.69, 9.17) is 0 Å². The van der Waals surface area contributed by atoms with Crippen LogP contribution in [-0.4, -0.2) is 11.6 Å². The zero-order valence-electron chi connectivity index (χ0n) is 10.5. The summed E-state index contributed by atoms with van der Waals surface area (Å²) in [5, 5.41) is 0. The van der Waals surface area contributed by atoms with Gasteiger partial charge in [-0.2, -0.15) is 0 Å². The second-order valence-electron chi connectivity index (χ2n) is 4.91. The maximum Gasteiger partial charge on any atom is 0.228 e. The summed E-state index contributed by atoms with van der Waals surface area (Å²) in [5.41, 5.74) is 2.52. The van der Waals surface area contributed by atoms with Crippen molar-refractivity contribution in [1.29, 1.82) is 0 Å². The summed E-state index contributed by atoms with van der Waals surface area (Å²) < 4.78 is 0. The van der Waals surface area contributed by atoms with Gasteiger partial charge in [-0.05, 0) is 30.0 Å². The Kier molecular flexibility index (Phi) is 3.00. The topological polar surface area (TPSA) is 34.1 Å². The van der Waals surface area contributed by atoms with Crippen LogP contribution in [0.2, 0.25) is 0 Å². The summed E-state index contributed by atoms with van der Waals surface area (Å²) in [6.07, 6.45) is 1.73. The van der Waals surface area contributed by atoms with Crippen molar-refractivity contribution in [3.05, 3.63) is 60.2 Å². The molecule has 0 bridgehead atoms. The van der Waals surface area contributed by atoms with Crippen LogP contribution < -0.4 is 0 Å². The molecule has 19 heavy (non-hydrogen) atoms. The predicted molar refractivity (Wildman–Crippen MR) is 73.9 cm³/mol. The molecule has 0 N–H and O–H groups in total. The summed E-state index contributed by atoms with van der Waals surface area (Å²) in [6, 6.07) is 17.2. The summed E-state index contributed by atoms with van der Waals surface area (Å²) in [7, 11) is 0. The monoisotopic (exact) mass is 250 g/mol. The second-order valence-corrected chi connectivity index (χ2v) is 4.91. The summed E-state index contributed by atoms with van der Waals surface area (Å²) >= 11 is 0. The fourth-order valence-electron chi connectivity index (χ4n) is 2.14. The Hall–Kier alpha value is -2.22. The smallest absolute Gasteiger partial charge is 0.228 e. The lowest BCUT2D eigenvalue weighted by Crippen LogP contribution is -2.15. The van der Waals surface area contributed by atoms with E-state index in [2.05, 4.69) is 0 Å². The lowest BCUT2D eigenvalue weighted by molar-refractivity contribution is -0.116. The molecule has 0 saturated heterocycles. The molecule has 1 aliphatic carbocycles. The van der Waals surface area contributed by atoms with Crippen molar-refractivity contribution in [2.45, 2.75) is 12.8 Å². The quantitative estimate of drug-likeness (QED) is 0.614. The van der Waals surface area contributed by atoms with Crippen molar-refractivity contribution in [3.63, 3.8) is 0 Å². The molecule has 94 valence electrons. The van der Waals surface area contributed by atoms with Crippen LogP contribution in [0, 0.1) is 5.92 Å². The van der Waals surface area contributed by atoms with Gasteiger partial charge in [-0.15, -0.1) is 0 Å². The van der Waals surface area contributed by atoms with Crippen molar-refractivity contribution >= 4 is 11.6 Å². The molecule has 0 heterocycles. The van der Waals surface area contributed by atoms with E-state index in [0.29, 0.717) is 5.56 Å². The van der Waals surface area contributed by atoms with Gasteiger partial charge >= 0.3 is 0 Å². The summed E-state index contributed by atoms with van der Waals surface area (Å²) in [4.78, 5) is 23.9. The molecule has 0 spiro atoms. The third-order valence-electron chi connectivity index (χ3n) is 3.40. The molecule has 2 heteroatoms. The molecule has 0 amide bonds. The van der Waals surface area contributed by atoms with E-state index in [1.54, 1.807) is 12.1 Å². The van der Waals surface area contributed by atoms with Crippen LogP contribution >= 0.6 is 0 Å². The molecule has 0 aromatic heterocycles. The minimum absolute atomic E-state index is 0.0205. The molecular weight excluding hydrogens is 236 g/mol. The van der Waals surface area contributed by atoms with Crippen molar-refractivity contribution in [1.82, 2.24) is 0 Å². The number of rotatable bonds is 4. The minimum Gasteiger partial charge on any atom is -0.290 e. The highest BCUT2D eigenvalue weighted by Crippen LogP contribution is 2.31. The molecule has 2 nitrogen and oxygen atoms in total. The Morgan fingerprint density at radius 1 is 0.842 bits per heavy atom. The number of carbonyl (C=O) groups is 2. The summed E-state index contributed by atoms with van der Waals surface area (Å²) in [6.45, 7) is 0. The first kappa shape index (κ1) is 11.8. The second kappa shape index (κ2) is 4.81. The maximum atomic E-state index is 12.1. The molecule has 0 aliphatic heterocycles. The standard InChI is InChI=1S/C17H14O2/c18-16(13-9-10-13)17(19)15-8-4-7-14(11-15)12-5-2-1-3-6-12/h1-8,11,13H,9-10H2. The van der Waals surface area contributed by atoms with Crippen LogP contribution in [0.3, 0.4) is 0 Å². The third-order valence-corrected chi connectivity index (χ3v) is 3.40. The van der Waals surface area contributed by atoms with E-state index in [0.717, 1.165) is 24.0 Å². The van der Waals surface area contributed by atoms with E-state index in [1.807, 2.05) is 42.5 Å². The molecule has 0 radical (unpaired) electrons. The number of ketones is 2. The highest BCUT2D eigenvalue weighted by molar-refractivity contribution is 6.44. The van der Waals surface area contributed by atoms with Crippen LogP contribution in [0.25, 0.3) is 11.1 Å². The van der Waals surface area contributed by atoms with Gasteiger partial charge in [0, 0.05) is 11.5 Å². The number of benzene rings is 2. The number of carbonyl (C=O) groups excluding carboxylic acids is 2. The van der Waals surface area contributed by atoms with Gasteiger partial charge < -0.3 is 0 Å². The first-order chi connectivity index (χ1) is 9.25. The highest BCUT2D eigenvalue weighted by atomic mass is 16.2.